The van der Waals surface area contributed by atoms with Crippen molar-refractivity contribution in [1.29, 1.82) is 0 Å². The fourth-order valence-electron chi connectivity index (χ4n) is 1.69. The molecule has 20 heavy (non-hydrogen) atoms. The largest absolute Gasteiger partial charge is 0.496 e. The lowest BCUT2D eigenvalue weighted by Crippen LogP contribution is -2.57. The van der Waals surface area contributed by atoms with Crippen molar-refractivity contribution in [3.63, 3.8) is 0 Å². The van der Waals surface area contributed by atoms with E-state index in [1.807, 2.05) is 6.92 Å². The molecule has 1 amide bonds. The number of ether oxygens (including phenoxy) is 3. The first-order chi connectivity index (χ1) is 9.45. The summed E-state index contributed by atoms with van der Waals surface area (Å²) in [6.45, 7) is 4.34. The summed E-state index contributed by atoms with van der Waals surface area (Å²) >= 11 is 0. The van der Waals surface area contributed by atoms with Crippen molar-refractivity contribution in [2.24, 2.45) is 5.73 Å². The van der Waals surface area contributed by atoms with Crippen LogP contribution >= 0.6 is 0 Å². The summed E-state index contributed by atoms with van der Waals surface area (Å²) in [6.07, 6.45) is 0. The number of amides is 1. The number of primary amides is 1. The smallest absolute Gasteiger partial charge is 0.240 e. The lowest BCUT2D eigenvalue weighted by atomic mass is 10.0. The van der Waals surface area contributed by atoms with Crippen LogP contribution in [-0.2, 0) is 4.79 Å². The molecule has 0 aromatic heterocycles. The zero-order valence-electron chi connectivity index (χ0n) is 12.4. The van der Waals surface area contributed by atoms with Gasteiger partial charge in [-0.15, -0.1) is 0 Å². The summed E-state index contributed by atoms with van der Waals surface area (Å²) < 4.78 is 16.0. The quantitative estimate of drug-likeness (QED) is 0.741. The van der Waals surface area contributed by atoms with E-state index < -0.39 is 11.4 Å². The molecule has 1 aromatic rings. The fraction of sp³-hybridized carbons (Fsp3) is 0.500. The number of methoxy groups -OCH3 is 2. The highest BCUT2D eigenvalue weighted by atomic mass is 16.5. The van der Waals surface area contributed by atoms with Gasteiger partial charge in [-0.3, -0.25) is 4.79 Å². The molecule has 0 spiro atoms. The van der Waals surface area contributed by atoms with E-state index in [9.17, 15) is 4.79 Å². The van der Waals surface area contributed by atoms with Crippen LogP contribution in [0.3, 0.4) is 0 Å². The van der Waals surface area contributed by atoms with Crippen LogP contribution < -0.4 is 25.3 Å². The van der Waals surface area contributed by atoms with Gasteiger partial charge in [0, 0.05) is 18.2 Å². The second kappa shape index (κ2) is 7.00. The Kier molecular flexibility index (Phi) is 5.64. The van der Waals surface area contributed by atoms with Crippen molar-refractivity contribution >= 4 is 5.91 Å². The van der Waals surface area contributed by atoms with Crippen molar-refractivity contribution in [3.05, 3.63) is 18.2 Å². The Balaban J connectivity index is 2.84. The van der Waals surface area contributed by atoms with Crippen molar-refractivity contribution in [2.45, 2.75) is 19.4 Å². The van der Waals surface area contributed by atoms with E-state index in [0.29, 0.717) is 23.8 Å². The molecule has 0 aliphatic carbocycles. The summed E-state index contributed by atoms with van der Waals surface area (Å²) in [5, 5.41) is 3.02. The third kappa shape index (κ3) is 4.03. The molecule has 112 valence electrons. The number of benzene rings is 1. The van der Waals surface area contributed by atoms with E-state index in [1.54, 1.807) is 39.3 Å². The molecule has 6 heteroatoms. The molecular formula is C14H22N2O4. The summed E-state index contributed by atoms with van der Waals surface area (Å²) in [5.74, 6) is 1.31. The first-order valence-corrected chi connectivity index (χ1v) is 6.36. The van der Waals surface area contributed by atoms with Crippen LogP contribution in [0.1, 0.15) is 13.8 Å². The molecular weight excluding hydrogens is 260 g/mol. The minimum Gasteiger partial charge on any atom is -0.496 e. The number of likely N-dealkylation sites (N-methyl/N-ethyl adjacent to an activating group) is 1. The molecule has 1 unspecified atom stereocenters. The molecule has 1 rings (SSSR count). The van der Waals surface area contributed by atoms with Crippen molar-refractivity contribution < 1.29 is 19.0 Å². The van der Waals surface area contributed by atoms with E-state index in [4.69, 9.17) is 19.9 Å². The highest BCUT2D eigenvalue weighted by Gasteiger charge is 2.31. The summed E-state index contributed by atoms with van der Waals surface area (Å²) in [7, 11) is 3.12. The Hall–Kier alpha value is -1.95. The minimum atomic E-state index is -0.926. The Bertz CT molecular complexity index is 442. The minimum absolute atomic E-state index is 0.118. The third-order valence-electron chi connectivity index (χ3n) is 2.96. The molecule has 0 fully saturated rings. The van der Waals surface area contributed by atoms with Gasteiger partial charge in [-0.1, -0.05) is 6.92 Å². The van der Waals surface area contributed by atoms with Gasteiger partial charge in [0.1, 0.15) is 29.4 Å². The van der Waals surface area contributed by atoms with Crippen LogP contribution in [-0.4, -0.2) is 38.8 Å². The van der Waals surface area contributed by atoms with Crippen LogP contribution in [0.25, 0.3) is 0 Å². The third-order valence-corrected chi connectivity index (χ3v) is 2.96. The molecule has 0 saturated carbocycles. The standard InChI is InChI=1S/C14H22N2O4/c1-5-16-14(2,13(15)17)9-20-12-7-10(18-3)6-11(8-12)19-4/h6-8,16H,5,9H2,1-4H3,(H2,15,17). The summed E-state index contributed by atoms with van der Waals surface area (Å²) in [5.41, 5.74) is 4.48. The Morgan fingerprint density at radius 2 is 1.70 bits per heavy atom. The first kappa shape index (κ1) is 16.1. The van der Waals surface area contributed by atoms with E-state index in [1.165, 1.54) is 0 Å². The van der Waals surface area contributed by atoms with Gasteiger partial charge in [0.25, 0.3) is 0 Å². The van der Waals surface area contributed by atoms with Gasteiger partial charge in [0.05, 0.1) is 14.2 Å². The molecule has 0 aliphatic rings. The van der Waals surface area contributed by atoms with Gasteiger partial charge >= 0.3 is 0 Å². The number of hydrogen-bond acceptors (Lipinski definition) is 5. The summed E-state index contributed by atoms with van der Waals surface area (Å²) in [6, 6.07) is 5.18. The molecule has 0 bridgehead atoms. The maximum Gasteiger partial charge on any atom is 0.240 e. The van der Waals surface area contributed by atoms with Gasteiger partial charge in [0.2, 0.25) is 5.91 Å². The maximum absolute atomic E-state index is 11.5. The van der Waals surface area contributed by atoms with Crippen LogP contribution in [0, 0.1) is 0 Å². The lowest BCUT2D eigenvalue weighted by molar-refractivity contribution is -0.124. The normalized spacial score (nSPS) is 13.4. The number of carbonyl (C=O) groups is 1. The van der Waals surface area contributed by atoms with Crippen molar-refractivity contribution in [2.75, 3.05) is 27.4 Å². The second-order valence-corrected chi connectivity index (χ2v) is 4.56. The molecule has 1 atom stereocenters. The van der Waals surface area contributed by atoms with Gasteiger partial charge in [-0.25, -0.2) is 0 Å². The van der Waals surface area contributed by atoms with E-state index >= 15 is 0 Å². The molecule has 6 nitrogen and oxygen atoms in total. The molecule has 0 heterocycles. The number of hydrogen-bond donors (Lipinski definition) is 2. The predicted octanol–water partition coefficient (Wildman–Crippen LogP) is 0.936. The van der Waals surface area contributed by atoms with Crippen LogP contribution in [0.5, 0.6) is 17.2 Å². The topological polar surface area (TPSA) is 82.8 Å². The van der Waals surface area contributed by atoms with E-state index in [-0.39, 0.29) is 6.61 Å². The average Bonchev–Trinajstić information content (AvgIpc) is 2.44. The molecule has 3 N–H and O–H groups in total. The first-order valence-electron chi connectivity index (χ1n) is 6.36. The zero-order chi connectivity index (χ0) is 15.2. The molecule has 0 saturated heterocycles. The number of rotatable bonds is 8. The van der Waals surface area contributed by atoms with Crippen LogP contribution in [0.2, 0.25) is 0 Å². The van der Waals surface area contributed by atoms with Gasteiger partial charge < -0.3 is 25.3 Å². The molecule has 0 aliphatic heterocycles. The van der Waals surface area contributed by atoms with E-state index in [0.717, 1.165) is 0 Å². The molecule has 0 radical (unpaired) electrons. The van der Waals surface area contributed by atoms with E-state index in [2.05, 4.69) is 5.32 Å². The van der Waals surface area contributed by atoms with Crippen LogP contribution in [0.15, 0.2) is 18.2 Å². The monoisotopic (exact) mass is 282 g/mol. The Morgan fingerprint density at radius 1 is 1.20 bits per heavy atom. The average molecular weight is 282 g/mol. The SMILES string of the molecule is CCNC(C)(COc1cc(OC)cc(OC)c1)C(N)=O. The molecule has 1 aromatic carbocycles. The van der Waals surface area contributed by atoms with Gasteiger partial charge in [-0.05, 0) is 13.5 Å². The van der Waals surface area contributed by atoms with Crippen molar-refractivity contribution in [1.82, 2.24) is 5.32 Å². The number of nitrogens with two attached hydrogens (primary N) is 1. The fourth-order valence-corrected chi connectivity index (χ4v) is 1.69. The van der Waals surface area contributed by atoms with Gasteiger partial charge in [0.15, 0.2) is 0 Å². The number of nitrogens with one attached hydrogen (secondary N) is 1. The summed E-state index contributed by atoms with van der Waals surface area (Å²) in [4.78, 5) is 11.5. The Morgan fingerprint density at radius 3 is 2.10 bits per heavy atom. The van der Waals surface area contributed by atoms with Crippen molar-refractivity contribution in [3.8, 4) is 17.2 Å². The zero-order valence-corrected chi connectivity index (χ0v) is 12.4. The number of carbonyl (C=O) groups excluding carboxylic acids is 1. The highest BCUT2D eigenvalue weighted by Crippen LogP contribution is 2.27. The highest BCUT2D eigenvalue weighted by molar-refractivity contribution is 5.84. The maximum atomic E-state index is 11.5. The predicted molar refractivity (Wildman–Crippen MR) is 76.3 cm³/mol. The lowest BCUT2D eigenvalue weighted by Gasteiger charge is -2.27. The second-order valence-electron chi connectivity index (χ2n) is 4.56. The van der Waals surface area contributed by atoms with Gasteiger partial charge in [-0.2, -0.15) is 0 Å². The Labute approximate surface area is 119 Å². The van der Waals surface area contributed by atoms with Crippen LogP contribution in [0.4, 0.5) is 0 Å².